The molecule has 1 aromatic carbocycles. The molecule has 0 atom stereocenters. The summed E-state index contributed by atoms with van der Waals surface area (Å²) >= 11 is 0. The molecule has 1 aliphatic rings. The predicted molar refractivity (Wildman–Crippen MR) is 66.1 cm³/mol. The van der Waals surface area contributed by atoms with Crippen LogP contribution >= 0.6 is 0 Å². The van der Waals surface area contributed by atoms with Gasteiger partial charge in [-0.15, -0.1) is 0 Å². The summed E-state index contributed by atoms with van der Waals surface area (Å²) in [5, 5.41) is 0. The van der Waals surface area contributed by atoms with Gasteiger partial charge in [-0.25, -0.2) is 0 Å². The maximum Gasteiger partial charge on any atom is 0.252 e. The Hall–Kier alpha value is -1.55. The van der Waals surface area contributed by atoms with Crippen molar-refractivity contribution >= 4 is 5.91 Å². The lowest BCUT2D eigenvalue weighted by Crippen LogP contribution is -2.25. The molecule has 2 N–H and O–H groups in total. The van der Waals surface area contributed by atoms with Gasteiger partial charge in [-0.05, 0) is 38.1 Å². The number of hydrogen-bond acceptors (Lipinski definition) is 3. The zero-order chi connectivity index (χ0) is 12.1. The number of benzene rings is 1. The first kappa shape index (κ1) is 11.9. The van der Waals surface area contributed by atoms with Crippen LogP contribution in [0.25, 0.3) is 0 Å². The van der Waals surface area contributed by atoms with Crippen molar-refractivity contribution in [2.24, 2.45) is 5.73 Å². The van der Waals surface area contributed by atoms with Crippen molar-refractivity contribution in [2.45, 2.75) is 12.8 Å². The molecule has 0 aliphatic carbocycles. The van der Waals surface area contributed by atoms with Gasteiger partial charge in [0.1, 0.15) is 12.4 Å². The van der Waals surface area contributed by atoms with Gasteiger partial charge in [-0.3, -0.25) is 9.69 Å². The van der Waals surface area contributed by atoms with Crippen molar-refractivity contribution in [2.75, 3.05) is 26.2 Å². The molecular weight excluding hydrogens is 216 g/mol. The van der Waals surface area contributed by atoms with E-state index < -0.39 is 5.91 Å². The fourth-order valence-electron chi connectivity index (χ4n) is 2.09. The van der Waals surface area contributed by atoms with Crippen LogP contribution in [0.4, 0.5) is 0 Å². The summed E-state index contributed by atoms with van der Waals surface area (Å²) in [4.78, 5) is 13.5. The summed E-state index contributed by atoms with van der Waals surface area (Å²) in [6.07, 6.45) is 2.55. The fourth-order valence-corrected chi connectivity index (χ4v) is 2.09. The molecule has 1 amide bonds. The number of rotatable bonds is 5. The van der Waals surface area contributed by atoms with E-state index in [0.29, 0.717) is 17.9 Å². The monoisotopic (exact) mass is 234 g/mol. The van der Waals surface area contributed by atoms with Gasteiger partial charge in [0.05, 0.1) is 5.56 Å². The molecule has 0 unspecified atom stereocenters. The highest BCUT2D eigenvalue weighted by atomic mass is 16.5. The van der Waals surface area contributed by atoms with Gasteiger partial charge in [-0.1, -0.05) is 12.1 Å². The van der Waals surface area contributed by atoms with Crippen molar-refractivity contribution < 1.29 is 9.53 Å². The van der Waals surface area contributed by atoms with Crippen LogP contribution in [-0.4, -0.2) is 37.0 Å². The van der Waals surface area contributed by atoms with Crippen molar-refractivity contribution in [3.8, 4) is 5.75 Å². The Morgan fingerprint density at radius 1 is 1.29 bits per heavy atom. The van der Waals surface area contributed by atoms with Gasteiger partial charge in [0.15, 0.2) is 0 Å². The number of ether oxygens (including phenoxy) is 1. The van der Waals surface area contributed by atoms with Gasteiger partial charge >= 0.3 is 0 Å². The summed E-state index contributed by atoms with van der Waals surface area (Å²) in [5.74, 6) is 0.140. The first-order valence-electron chi connectivity index (χ1n) is 6.01. The number of primary amides is 1. The summed E-state index contributed by atoms with van der Waals surface area (Å²) < 4.78 is 5.62. The number of amides is 1. The maximum absolute atomic E-state index is 11.2. The zero-order valence-corrected chi connectivity index (χ0v) is 9.89. The highest BCUT2D eigenvalue weighted by Gasteiger charge is 2.12. The van der Waals surface area contributed by atoms with Crippen molar-refractivity contribution in [1.29, 1.82) is 0 Å². The third-order valence-corrected chi connectivity index (χ3v) is 3.02. The minimum atomic E-state index is -0.443. The van der Waals surface area contributed by atoms with Gasteiger partial charge in [0.25, 0.3) is 5.91 Å². The molecule has 0 aromatic heterocycles. The molecule has 1 heterocycles. The van der Waals surface area contributed by atoms with E-state index in [1.54, 1.807) is 18.2 Å². The maximum atomic E-state index is 11.2. The molecule has 1 fully saturated rings. The van der Waals surface area contributed by atoms with Crippen LogP contribution in [0.5, 0.6) is 5.75 Å². The molecule has 1 aromatic rings. The molecule has 17 heavy (non-hydrogen) atoms. The average Bonchev–Trinajstić information content (AvgIpc) is 2.82. The number of carbonyl (C=O) groups excluding carboxylic acids is 1. The molecule has 0 radical (unpaired) electrons. The molecule has 4 heteroatoms. The Balaban J connectivity index is 1.87. The third-order valence-electron chi connectivity index (χ3n) is 3.02. The molecule has 0 saturated carbocycles. The number of hydrogen-bond donors (Lipinski definition) is 1. The average molecular weight is 234 g/mol. The lowest BCUT2D eigenvalue weighted by Gasteiger charge is -2.15. The summed E-state index contributed by atoms with van der Waals surface area (Å²) in [6.45, 7) is 3.82. The summed E-state index contributed by atoms with van der Waals surface area (Å²) in [6, 6.07) is 7.10. The van der Waals surface area contributed by atoms with Crippen LogP contribution in [0.1, 0.15) is 23.2 Å². The van der Waals surface area contributed by atoms with Gasteiger partial charge < -0.3 is 10.5 Å². The highest BCUT2D eigenvalue weighted by Crippen LogP contribution is 2.17. The normalized spacial score (nSPS) is 16.0. The standard InChI is InChI=1S/C13H18N2O2/c14-13(16)11-5-1-2-6-12(11)17-10-9-15-7-3-4-8-15/h1-2,5-6H,3-4,7-10H2,(H2,14,16). The third kappa shape index (κ3) is 3.20. The Labute approximate surface area is 101 Å². The van der Waals surface area contributed by atoms with E-state index in [0.717, 1.165) is 19.6 Å². The second-order valence-corrected chi connectivity index (χ2v) is 4.26. The molecular formula is C13H18N2O2. The van der Waals surface area contributed by atoms with E-state index in [2.05, 4.69) is 4.90 Å². The minimum Gasteiger partial charge on any atom is -0.491 e. The first-order chi connectivity index (χ1) is 8.27. The van der Waals surface area contributed by atoms with Gasteiger partial charge in [-0.2, -0.15) is 0 Å². The predicted octanol–water partition coefficient (Wildman–Crippen LogP) is 1.26. The van der Waals surface area contributed by atoms with Crippen molar-refractivity contribution in [3.05, 3.63) is 29.8 Å². The number of carbonyl (C=O) groups is 1. The lowest BCUT2D eigenvalue weighted by atomic mass is 10.2. The lowest BCUT2D eigenvalue weighted by molar-refractivity contribution is 0.0996. The SMILES string of the molecule is NC(=O)c1ccccc1OCCN1CCCC1. The molecule has 92 valence electrons. The quantitative estimate of drug-likeness (QED) is 0.834. The Morgan fingerprint density at radius 3 is 2.71 bits per heavy atom. The van der Waals surface area contributed by atoms with Crippen LogP contribution in [0.15, 0.2) is 24.3 Å². The molecule has 0 bridgehead atoms. The number of likely N-dealkylation sites (tertiary alicyclic amines) is 1. The van der Waals surface area contributed by atoms with E-state index in [9.17, 15) is 4.79 Å². The number of nitrogens with two attached hydrogens (primary N) is 1. The van der Waals surface area contributed by atoms with Crippen LogP contribution in [0, 0.1) is 0 Å². The second-order valence-electron chi connectivity index (χ2n) is 4.26. The molecule has 0 spiro atoms. The Morgan fingerprint density at radius 2 is 2.00 bits per heavy atom. The zero-order valence-electron chi connectivity index (χ0n) is 9.89. The minimum absolute atomic E-state index is 0.443. The van der Waals surface area contributed by atoms with Crippen molar-refractivity contribution in [1.82, 2.24) is 4.90 Å². The van der Waals surface area contributed by atoms with E-state index in [-0.39, 0.29) is 0 Å². The number of para-hydroxylation sites is 1. The highest BCUT2D eigenvalue weighted by molar-refractivity contribution is 5.95. The smallest absolute Gasteiger partial charge is 0.252 e. The van der Waals surface area contributed by atoms with E-state index >= 15 is 0 Å². The molecule has 1 saturated heterocycles. The van der Waals surface area contributed by atoms with Crippen LogP contribution < -0.4 is 10.5 Å². The van der Waals surface area contributed by atoms with Gasteiger partial charge in [0, 0.05) is 6.54 Å². The molecule has 1 aliphatic heterocycles. The van der Waals surface area contributed by atoms with Crippen LogP contribution in [0.2, 0.25) is 0 Å². The van der Waals surface area contributed by atoms with Gasteiger partial charge in [0.2, 0.25) is 0 Å². The number of nitrogens with zero attached hydrogens (tertiary/aromatic N) is 1. The van der Waals surface area contributed by atoms with E-state index in [1.807, 2.05) is 6.07 Å². The van der Waals surface area contributed by atoms with E-state index in [1.165, 1.54) is 12.8 Å². The first-order valence-corrected chi connectivity index (χ1v) is 6.01. The summed E-state index contributed by atoms with van der Waals surface area (Å²) in [7, 11) is 0. The second kappa shape index (κ2) is 5.68. The topological polar surface area (TPSA) is 55.6 Å². The van der Waals surface area contributed by atoms with Crippen LogP contribution in [-0.2, 0) is 0 Å². The van der Waals surface area contributed by atoms with Crippen LogP contribution in [0.3, 0.4) is 0 Å². The molecule has 4 nitrogen and oxygen atoms in total. The summed E-state index contributed by atoms with van der Waals surface area (Å²) in [5.41, 5.74) is 5.73. The van der Waals surface area contributed by atoms with E-state index in [4.69, 9.17) is 10.5 Å². The molecule has 2 rings (SSSR count). The van der Waals surface area contributed by atoms with Crippen molar-refractivity contribution in [3.63, 3.8) is 0 Å². The Kier molecular flexibility index (Phi) is 3.98. The fraction of sp³-hybridized carbons (Fsp3) is 0.462. The largest absolute Gasteiger partial charge is 0.491 e. The Bertz CT molecular complexity index is 387.